The molecule has 0 spiro atoms. The van der Waals surface area contributed by atoms with Gasteiger partial charge in [-0.05, 0) is 41.4 Å². The van der Waals surface area contributed by atoms with Gasteiger partial charge < -0.3 is 14.0 Å². The number of para-hydroxylation sites is 3. The average molecular weight is 850 g/mol. The smallest absolute Gasteiger partial charge is 0.0774 e. The zero-order valence-electron chi connectivity index (χ0n) is 28.7. The number of hydrogen-bond donors (Lipinski definition) is 0. The molecule has 3 heterocycles. The molecular weight excluding hydrogens is 815 g/mol. The largest absolute Gasteiger partial charge is 0.557 e. The van der Waals surface area contributed by atoms with E-state index in [0.29, 0.717) is 0 Å². The standard InChI is InChI=1S/C36H27N2O.C11H8N.Ir/c1-2-12-25-21-22-34-30(23-25)31(24-39-34)36-37-32-19-9-10-20-33(32)38(36)35-28(26-13-5-3-6-14-26)17-11-18-29(35)27-15-7-4-8-16-27;1-2-6-10(7-3-1)11-8-4-5-9-12-11;/h3-11,13-23H,2,12H2,1H3;1-6,8-9H;/q2*-1;. The first-order valence-corrected chi connectivity index (χ1v) is 17.3. The molecule has 9 rings (SSSR count). The van der Waals surface area contributed by atoms with Crippen molar-refractivity contribution in [2.45, 2.75) is 19.8 Å². The Bertz CT molecular complexity index is 2430. The maximum atomic E-state index is 5.97. The van der Waals surface area contributed by atoms with Crippen LogP contribution in [-0.2, 0) is 26.5 Å². The van der Waals surface area contributed by atoms with Gasteiger partial charge in [0, 0.05) is 49.3 Å². The second-order valence-electron chi connectivity index (χ2n) is 12.3. The van der Waals surface area contributed by atoms with Crippen LogP contribution in [0.3, 0.4) is 0 Å². The van der Waals surface area contributed by atoms with Crippen molar-refractivity contribution in [3.8, 4) is 50.6 Å². The molecule has 6 aromatic carbocycles. The van der Waals surface area contributed by atoms with E-state index in [1.54, 1.807) is 6.20 Å². The number of rotatable bonds is 7. The topological polar surface area (TPSA) is 43.9 Å². The van der Waals surface area contributed by atoms with Crippen molar-refractivity contribution in [3.05, 3.63) is 188 Å². The third kappa shape index (κ3) is 7.02. The quantitative estimate of drug-likeness (QED) is 0.150. The van der Waals surface area contributed by atoms with Gasteiger partial charge in [0.15, 0.2) is 0 Å². The van der Waals surface area contributed by atoms with Gasteiger partial charge in [-0.15, -0.1) is 35.9 Å². The minimum atomic E-state index is 0. The summed E-state index contributed by atoms with van der Waals surface area (Å²) in [6.07, 6.45) is 7.13. The van der Waals surface area contributed by atoms with Crippen molar-refractivity contribution in [2.75, 3.05) is 0 Å². The molecule has 0 N–H and O–H groups in total. The Kier molecular flexibility index (Phi) is 10.6. The van der Waals surface area contributed by atoms with Crippen LogP contribution in [0.4, 0.5) is 0 Å². The maximum absolute atomic E-state index is 5.97. The second kappa shape index (κ2) is 16.0. The van der Waals surface area contributed by atoms with E-state index >= 15 is 0 Å². The summed E-state index contributed by atoms with van der Waals surface area (Å²) in [5.74, 6) is 0.823. The minimum Gasteiger partial charge on any atom is -0.557 e. The predicted octanol–water partition coefficient (Wildman–Crippen LogP) is 12.1. The molecule has 52 heavy (non-hydrogen) atoms. The third-order valence-corrected chi connectivity index (χ3v) is 8.98. The SMILES string of the molecule is CCCc1ccc2o[c-]c(-c3nc4ccccc4n3-c3c(-c4ccccc4)cccc3-c3ccccc3)c2c1.[Ir].[c-]1ccccc1-c1ccccn1. The summed E-state index contributed by atoms with van der Waals surface area (Å²) in [4.78, 5) is 9.42. The molecule has 0 saturated heterocycles. The zero-order valence-corrected chi connectivity index (χ0v) is 31.1. The fraction of sp³-hybridized carbons (Fsp3) is 0.0638. The van der Waals surface area contributed by atoms with E-state index in [1.807, 2.05) is 48.5 Å². The molecule has 1 radical (unpaired) electrons. The molecule has 9 aromatic rings. The number of pyridine rings is 1. The number of benzene rings is 6. The first-order valence-electron chi connectivity index (χ1n) is 17.3. The van der Waals surface area contributed by atoms with Gasteiger partial charge in [0.05, 0.1) is 22.5 Å². The molecular formula is C47H35IrN3O-2. The van der Waals surface area contributed by atoms with Gasteiger partial charge in [-0.1, -0.05) is 151 Å². The van der Waals surface area contributed by atoms with Gasteiger partial charge >= 0.3 is 0 Å². The van der Waals surface area contributed by atoms with Crippen molar-refractivity contribution in [3.63, 3.8) is 0 Å². The van der Waals surface area contributed by atoms with Crippen molar-refractivity contribution < 1.29 is 24.5 Å². The number of fused-ring (bicyclic) bond motifs is 2. The van der Waals surface area contributed by atoms with Crippen molar-refractivity contribution >= 4 is 22.0 Å². The summed E-state index contributed by atoms with van der Waals surface area (Å²) in [5.41, 5.74) is 12.6. The summed E-state index contributed by atoms with van der Waals surface area (Å²) in [7, 11) is 0. The number of imidazole rings is 1. The monoisotopic (exact) mass is 850 g/mol. The fourth-order valence-electron chi connectivity index (χ4n) is 6.61. The van der Waals surface area contributed by atoms with Crippen LogP contribution in [0.25, 0.3) is 72.6 Å². The second-order valence-corrected chi connectivity index (χ2v) is 12.3. The van der Waals surface area contributed by atoms with Gasteiger partial charge in [-0.25, -0.2) is 0 Å². The molecule has 0 bridgehead atoms. The van der Waals surface area contributed by atoms with Crippen LogP contribution < -0.4 is 0 Å². The Labute approximate surface area is 317 Å². The average Bonchev–Trinajstić information content (AvgIpc) is 3.80. The first-order chi connectivity index (χ1) is 25.3. The van der Waals surface area contributed by atoms with Crippen LogP contribution >= 0.6 is 0 Å². The van der Waals surface area contributed by atoms with E-state index in [9.17, 15) is 0 Å². The Morgan fingerprint density at radius 3 is 2.04 bits per heavy atom. The van der Waals surface area contributed by atoms with Crippen LogP contribution in [0.15, 0.2) is 174 Å². The fourth-order valence-corrected chi connectivity index (χ4v) is 6.61. The summed E-state index contributed by atoms with van der Waals surface area (Å²) >= 11 is 0. The van der Waals surface area contributed by atoms with Crippen LogP contribution in [0, 0.1) is 12.3 Å². The molecule has 0 fully saturated rings. The summed E-state index contributed by atoms with van der Waals surface area (Å²) < 4.78 is 8.27. The van der Waals surface area contributed by atoms with Crippen LogP contribution in [0.1, 0.15) is 18.9 Å². The van der Waals surface area contributed by atoms with Gasteiger partial charge in [-0.3, -0.25) is 4.98 Å². The molecule has 0 unspecified atom stereocenters. The maximum Gasteiger partial charge on any atom is 0.0774 e. The van der Waals surface area contributed by atoms with Crippen molar-refractivity contribution in [2.24, 2.45) is 0 Å². The summed E-state index contributed by atoms with van der Waals surface area (Å²) in [6, 6.07) is 59.3. The van der Waals surface area contributed by atoms with E-state index in [2.05, 4.69) is 144 Å². The Hall–Kier alpha value is -5.87. The summed E-state index contributed by atoms with van der Waals surface area (Å²) in [5, 5.41) is 1.04. The molecule has 0 atom stereocenters. The number of nitrogens with zero attached hydrogens (tertiary/aromatic N) is 3. The number of furan rings is 1. The van der Waals surface area contributed by atoms with E-state index in [-0.39, 0.29) is 20.1 Å². The molecule has 0 aliphatic heterocycles. The Balaban J connectivity index is 0.000000275. The van der Waals surface area contributed by atoms with Crippen molar-refractivity contribution in [1.29, 1.82) is 0 Å². The van der Waals surface area contributed by atoms with E-state index in [1.165, 1.54) is 5.56 Å². The van der Waals surface area contributed by atoms with Gasteiger partial charge in [-0.2, -0.15) is 0 Å². The van der Waals surface area contributed by atoms with Crippen LogP contribution in [0.5, 0.6) is 0 Å². The molecule has 255 valence electrons. The zero-order chi connectivity index (χ0) is 34.4. The molecule has 0 amide bonds. The van der Waals surface area contributed by atoms with Crippen molar-refractivity contribution in [1.82, 2.24) is 14.5 Å². The van der Waals surface area contributed by atoms with E-state index in [4.69, 9.17) is 9.40 Å². The molecule has 4 nitrogen and oxygen atoms in total. The molecule has 5 heteroatoms. The minimum absolute atomic E-state index is 0. The normalized spacial score (nSPS) is 10.8. The van der Waals surface area contributed by atoms with E-state index in [0.717, 1.165) is 85.4 Å². The molecule has 0 saturated carbocycles. The van der Waals surface area contributed by atoms with Gasteiger partial charge in [0.2, 0.25) is 0 Å². The molecule has 0 aliphatic carbocycles. The van der Waals surface area contributed by atoms with Crippen LogP contribution in [-0.4, -0.2) is 14.5 Å². The Morgan fingerprint density at radius 2 is 1.37 bits per heavy atom. The van der Waals surface area contributed by atoms with Crippen LogP contribution in [0.2, 0.25) is 0 Å². The van der Waals surface area contributed by atoms with E-state index < -0.39 is 0 Å². The first kappa shape index (κ1) is 34.6. The molecule has 3 aromatic heterocycles. The van der Waals surface area contributed by atoms with Gasteiger partial charge in [0.25, 0.3) is 0 Å². The number of hydrogen-bond acceptors (Lipinski definition) is 3. The predicted molar refractivity (Wildman–Crippen MR) is 208 cm³/mol. The third-order valence-electron chi connectivity index (χ3n) is 8.98. The molecule has 0 aliphatic rings. The number of aryl methyl sites for hydroxylation is 1. The Morgan fingerprint density at radius 1 is 0.673 bits per heavy atom. The van der Waals surface area contributed by atoms with Gasteiger partial charge in [0.1, 0.15) is 0 Å². The summed E-state index contributed by atoms with van der Waals surface area (Å²) in [6.45, 7) is 2.21. The number of aromatic nitrogens is 3.